The van der Waals surface area contributed by atoms with Crippen LogP contribution in [0.3, 0.4) is 0 Å². The van der Waals surface area contributed by atoms with Gasteiger partial charge in [0, 0.05) is 12.1 Å². The molecule has 84 valence electrons. The zero-order valence-electron chi connectivity index (χ0n) is 9.71. The molecule has 2 aliphatic rings. The van der Waals surface area contributed by atoms with Crippen LogP contribution in [0, 0.1) is 23.2 Å². The molecule has 2 heteroatoms. The van der Waals surface area contributed by atoms with Crippen molar-refractivity contribution in [3.8, 4) is 6.07 Å². The zero-order chi connectivity index (χ0) is 10.7. The molecule has 1 N–H and O–H groups in total. The molecule has 0 bridgehead atoms. The molecule has 0 radical (unpaired) electrons. The van der Waals surface area contributed by atoms with Crippen molar-refractivity contribution in [2.45, 2.75) is 64.0 Å². The zero-order valence-corrected chi connectivity index (χ0v) is 9.71. The minimum absolute atomic E-state index is 0.283. The minimum Gasteiger partial charge on any atom is -0.310 e. The first kappa shape index (κ1) is 11.0. The number of hydrogen-bond donors (Lipinski definition) is 1. The van der Waals surface area contributed by atoms with Crippen LogP contribution in [0.2, 0.25) is 0 Å². The fourth-order valence-electron chi connectivity index (χ4n) is 3.21. The first-order valence-electron chi connectivity index (χ1n) is 6.49. The maximum atomic E-state index is 9.02. The summed E-state index contributed by atoms with van der Waals surface area (Å²) in [6.07, 6.45) is 8.93. The third-order valence-corrected chi connectivity index (χ3v) is 4.25. The van der Waals surface area contributed by atoms with Crippen LogP contribution < -0.4 is 5.32 Å². The van der Waals surface area contributed by atoms with Gasteiger partial charge in [0.15, 0.2) is 0 Å². The molecular formula is C13H22N2. The van der Waals surface area contributed by atoms with Crippen LogP contribution in [0.25, 0.3) is 0 Å². The fraction of sp³-hybridized carbons (Fsp3) is 0.923. The highest BCUT2D eigenvalue weighted by Crippen LogP contribution is 2.31. The van der Waals surface area contributed by atoms with Crippen molar-refractivity contribution in [2.24, 2.45) is 11.8 Å². The number of hydrogen-bond acceptors (Lipinski definition) is 2. The van der Waals surface area contributed by atoms with Crippen molar-refractivity contribution in [1.29, 1.82) is 5.26 Å². The molecule has 0 saturated heterocycles. The van der Waals surface area contributed by atoms with Crippen LogP contribution in [0.4, 0.5) is 0 Å². The van der Waals surface area contributed by atoms with E-state index in [1.807, 2.05) is 0 Å². The number of nitriles is 1. The van der Waals surface area contributed by atoms with E-state index in [1.54, 1.807) is 0 Å². The lowest BCUT2D eigenvalue weighted by atomic mass is 10.0. The average molecular weight is 206 g/mol. The van der Waals surface area contributed by atoms with Crippen LogP contribution in [0.5, 0.6) is 0 Å². The summed E-state index contributed by atoms with van der Waals surface area (Å²) in [6.45, 7) is 2.29. The molecule has 0 heterocycles. The number of nitrogens with one attached hydrogen (secondary N) is 1. The summed E-state index contributed by atoms with van der Waals surface area (Å²) < 4.78 is 0. The minimum atomic E-state index is 0.283. The highest BCUT2D eigenvalue weighted by molar-refractivity contribution is 4.98. The van der Waals surface area contributed by atoms with E-state index in [1.165, 1.54) is 38.5 Å². The lowest BCUT2D eigenvalue weighted by Crippen LogP contribution is -2.38. The molecule has 0 aromatic heterocycles. The Hall–Kier alpha value is -0.550. The Morgan fingerprint density at radius 1 is 1.27 bits per heavy atom. The van der Waals surface area contributed by atoms with Gasteiger partial charge in [-0.3, -0.25) is 0 Å². The quantitative estimate of drug-likeness (QED) is 0.770. The smallest absolute Gasteiger partial charge is 0.0672 e. The summed E-state index contributed by atoms with van der Waals surface area (Å²) in [7, 11) is 0. The lowest BCUT2D eigenvalue weighted by Gasteiger charge is -2.21. The van der Waals surface area contributed by atoms with Gasteiger partial charge in [0.1, 0.15) is 0 Å². The predicted molar refractivity (Wildman–Crippen MR) is 61.3 cm³/mol. The molecule has 2 saturated carbocycles. The molecule has 0 aliphatic heterocycles. The van der Waals surface area contributed by atoms with Gasteiger partial charge >= 0.3 is 0 Å². The summed E-state index contributed by atoms with van der Waals surface area (Å²) in [5.74, 6) is 1.22. The van der Waals surface area contributed by atoms with Crippen molar-refractivity contribution >= 4 is 0 Å². The number of rotatable bonds is 3. The topological polar surface area (TPSA) is 35.8 Å². The molecule has 2 aliphatic carbocycles. The molecule has 4 atom stereocenters. The molecule has 2 fully saturated rings. The Bertz CT molecular complexity index is 243. The Morgan fingerprint density at radius 3 is 2.80 bits per heavy atom. The second-order valence-corrected chi connectivity index (χ2v) is 5.22. The molecule has 0 amide bonds. The molecule has 2 rings (SSSR count). The monoisotopic (exact) mass is 206 g/mol. The van der Waals surface area contributed by atoms with Crippen molar-refractivity contribution < 1.29 is 0 Å². The van der Waals surface area contributed by atoms with Crippen LogP contribution in [0.15, 0.2) is 0 Å². The van der Waals surface area contributed by atoms with Gasteiger partial charge in [-0.1, -0.05) is 19.8 Å². The normalized spacial score (nSPS) is 40.5. The van der Waals surface area contributed by atoms with Crippen LogP contribution in [-0.4, -0.2) is 12.1 Å². The third-order valence-electron chi connectivity index (χ3n) is 4.25. The Balaban J connectivity index is 1.80. The van der Waals surface area contributed by atoms with Gasteiger partial charge in [-0.05, 0) is 38.0 Å². The Morgan fingerprint density at radius 2 is 2.13 bits per heavy atom. The average Bonchev–Trinajstić information content (AvgIpc) is 2.87. The van der Waals surface area contributed by atoms with E-state index in [2.05, 4.69) is 18.3 Å². The molecule has 2 nitrogen and oxygen atoms in total. The first-order chi connectivity index (χ1) is 7.33. The highest BCUT2D eigenvalue weighted by Gasteiger charge is 2.31. The summed E-state index contributed by atoms with van der Waals surface area (Å²) in [5.41, 5.74) is 0. The van der Waals surface area contributed by atoms with E-state index in [9.17, 15) is 0 Å². The van der Waals surface area contributed by atoms with E-state index in [4.69, 9.17) is 5.26 Å². The van der Waals surface area contributed by atoms with Gasteiger partial charge in [-0.2, -0.15) is 5.26 Å². The maximum absolute atomic E-state index is 9.02. The van der Waals surface area contributed by atoms with E-state index < -0.39 is 0 Å². The van der Waals surface area contributed by atoms with Gasteiger partial charge in [0.2, 0.25) is 0 Å². The standard InChI is InChI=1S/C13H22N2/c1-2-10-6-7-12(8-10)15-13-5-3-4-11(13)9-14/h10-13,15H,2-8H2,1H3. The molecular weight excluding hydrogens is 184 g/mol. The van der Waals surface area contributed by atoms with E-state index in [0.717, 1.165) is 12.3 Å². The van der Waals surface area contributed by atoms with E-state index >= 15 is 0 Å². The summed E-state index contributed by atoms with van der Waals surface area (Å²) in [4.78, 5) is 0. The van der Waals surface area contributed by atoms with Gasteiger partial charge in [-0.25, -0.2) is 0 Å². The summed E-state index contributed by atoms with van der Waals surface area (Å²) in [6, 6.07) is 3.65. The van der Waals surface area contributed by atoms with Gasteiger partial charge in [0.05, 0.1) is 12.0 Å². The molecule has 0 spiro atoms. The van der Waals surface area contributed by atoms with E-state index in [0.29, 0.717) is 12.1 Å². The van der Waals surface area contributed by atoms with Crippen LogP contribution in [0.1, 0.15) is 51.9 Å². The van der Waals surface area contributed by atoms with Gasteiger partial charge in [-0.15, -0.1) is 0 Å². The summed E-state index contributed by atoms with van der Waals surface area (Å²) in [5, 5.41) is 12.7. The van der Waals surface area contributed by atoms with Gasteiger partial charge in [0.25, 0.3) is 0 Å². The largest absolute Gasteiger partial charge is 0.310 e. The predicted octanol–water partition coefficient (Wildman–Crippen LogP) is 2.85. The van der Waals surface area contributed by atoms with Crippen molar-refractivity contribution in [3.05, 3.63) is 0 Å². The molecule has 4 unspecified atom stereocenters. The van der Waals surface area contributed by atoms with Crippen molar-refractivity contribution in [1.82, 2.24) is 5.32 Å². The van der Waals surface area contributed by atoms with E-state index in [-0.39, 0.29) is 5.92 Å². The van der Waals surface area contributed by atoms with Crippen LogP contribution in [-0.2, 0) is 0 Å². The van der Waals surface area contributed by atoms with Crippen molar-refractivity contribution in [2.75, 3.05) is 0 Å². The van der Waals surface area contributed by atoms with Crippen LogP contribution >= 0.6 is 0 Å². The molecule has 15 heavy (non-hydrogen) atoms. The summed E-state index contributed by atoms with van der Waals surface area (Å²) >= 11 is 0. The Labute approximate surface area is 93.0 Å². The molecule has 0 aromatic carbocycles. The SMILES string of the molecule is CCC1CCC(NC2CCCC2C#N)C1. The molecule has 0 aromatic rings. The Kier molecular flexibility index (Phi) is 3.64. The van der Waals surface area contributed by atoms with Gasteiger partial charge < -0.3 is 5.32 Å². The van der Waals surface area contributed by atoms with Crippen molar-refractivity contribution in [3.63, 3.8) is 0 Å². The lowest BCUT2D eigenvalue weighted by molar-refractivity contribution is 0.387. The third kappa shape index (κ3) is 2.52. The second-order valence-electron chi connectivity index (χ2n) is 5.22. The highest BCUT2D eigenvalue weighted by atomic mass is 15.0. The maximum Gasteiger partial charge on any atom is 0.0672 e. The fourth-order valence-corrected chi connectivity index (χ4v) is 3.21. The number of nitrogens with zero attached hydrogens (tertiary/aromatic N) is 1. The first-order valence-corrected chi connectivity index (χ1v) is 6.49. The second kappa shape index (κ2) is 4.99.